The minimum atomic E-state index is -0.312. The molecule has 0 rings (SSSR count). The number of hydrogen-bond donors (Lipinski definition) is 1. The van der Waals surface area contributed by atoms with Crippen molar-refractivity contribution in [3.05, 3.63) is 0 Å². The summed E-state index contributed by atoms with van der Waals surface area (Å²) in [4.78, 5) is 24.0. The van der Waals surface area contributed by atoms with Crippen LogP contribution in [0.25, 0.3) is 0 Å². The molecule has 88 valence electrons. The molecule has 2 unspecified atom stereocenters. The van der Waals surface area contributed by atoms with E-state index in [9.17, 15) is 9.59 Å². The van der Waals surface area contributed by atoms with E-state index in [1.807, 2.05) is 20.8 Å². The van der Waals surface area contributed by atoms with Crippen molar-refractivity contribution in [3.63, 3.8) is 0 Å². The Balaban J connectivity index is 4.22. The highest BCUT2D eigenvalue weighted by molar-refractivity contribution is 7.80. The van der Waals surface area contributed by atoms with Gasteiger partial charge in [-0.3, -0.25) is 4.79 Å². The van der Waals surface area contributed by atoms with E-state index in [2.05, 4.69) is 12.6 Å². The van der Waals surface area contributed by atoms with Crippen LogP contribution in [0.1, 0.15) is 33.6 Å². The Labute approximate surface area is 97.6 Å². The number of likely N-dealkylation sites (N-methyl/N-ethyl adjacent to an activating group) is 1. The largest absolute Gasteiger partial charge is 0.336 e. The third kappa shape index (κ3) is 5.21. The zero-order valence-corrected chi connectivity index (χ0v) is 10.8. The molecule has 0 aliphatic carbocycles. The van der Waals surface area contributed by atoms with E-state index in [-0.39, 0.29) is 23.1 Å². The molecule has 0 aromatic rings. The number of aldehydes is 1. The number of rotatable bonds is 6. The van der Waals surface area contributed by atoms with Crippen molar-refractivity contribution in [2.75, 3.05) is 7.05 Å². The lowest BCUT2D eigenvalue weighted by molar-refractivity contribution is -0.136. The second kappa shape index (κ2) is 6.88. The second-order valence-corrected chi connectivity index (χ2v) is 5.14. The third-order valence-corrected chi connectivity index (χ3v) is 2.70. The Hall–Kier alpha value is -0.510. The maximum Gasteiger partial charge on any atom is 0.222 e. The van der Waals surface area contributed by atoms with Crippen LogP contribution < -0.4 is 0 Å². The minimum absolute atomic E-state index is 0.0155. The number of nitrogens with zero attached hydrogens (tertiary/aromatic N) is 1. The standard InChI is InChI=1S/C11H21NO2S/c1-8(2)10(7-13)12(4)11(14)6-5-9(3)15/h7-10,15H,5-6H2,1-4H3. The summed E-state index contributed by atoms with van der Waals surface area (Å²) in [6, 6.07) is -0.312. The van der Waals surface area contributed by atoms with Gasteiger partial charge in [0.05, 0.1) is 6.04 Å². The van der Waals surface area contributed by atoms with Crippen LogP contribution in [0.15, 0.2) is 0 Å². The van der Waals surface area contributed by atoms with E-state index in [1.165, 1.54) is 4.90 Å². The molecule has 0 heterocycles. The number of carbonyl (C=O) groups excluding carboxylic acids is 2. The van der Waals surface area contributed by atoms with E-state index < -0.39 is 0 Å². The van der Waals surface area contributed by atoms with Crippen LogP contribution >= 0.6 is 12.6 Å². The van der Waals surface area contributed by atoms with Crippen molar-refractivity contribution in [1.82, 2.24) is 4.90 Å². The van der Waals surface area contributed by atoms with Crippen molar-refractivity contribution < 1.29 is 9.59 Å². The highest BCUT2D eigenvalue weighted by Crippen LogP contribution is 2.11. The van der Waals surface area contributed by atoms with Gasteiger partial charge >= 0.3 is 0 Å². The summed E-state index contributed by atoms with van der Waals surface area (Å²) in [5, 5.41) is 0.219. The van der Waals surface area contributed by atoms with Crippen molar-refractivity contribution in [2.24, 2.45) is 5.92 Å². The number of thiol groups is 1. The van der Waals surface area contributed by atoms with Crippen LogP contribution in [0.4, 0.5) is 0 Å². The summed E-state index contributed by atoms with van der Waals surface area (Å²) in [6.45, 7) is 5.82. The maximum atomic E-state index is 11.7. The van der Waals surface area contributed by atoms with E-state index in [1.54, 1.807) is 7.05 Å². The number of hydrogen-bond acceptors (Lipinski definition) is 3. The summed E-state index contributed by atoms with van der Waals surface area (Å²) in [5.41, 5.74) is 0. The zero-order valence-electron chi connectivity index (χ0n) is 9.93. The Morgan fingerprint density at radius 1 is 1.40 bits per heavy atom. The number of carbonyl (C=O) groups is 2. The molecule has 0 aromatic heterocycles. The molecule has 0 aliphatic heterocycles. The van der Waals surface area contributed by atoms with Gasteiger partial charge in [0.15, 0.2) is 0 Å². The van der Waals surface area contributed by atoms with Crippen LogP contribution in [0.2, 0.25) is 0 Å². The molecule has 0 fully saturated rings. The lowest BCUT2D eigenvalue weighted by Gasteiger charge is -2.26. The summed E-state index contributed by atoms with van der Waals surface area (Å²) < 4.78 is 0. The molecule has 0 aromatic carbocycles. The second-order valence-electron chi connectivity index (χ2n) is 4.26. The molecule has 0 saturated carbocycles. The molecule has 2 atom stereocenters. The third-order valence-electron chi connectivity index (χ3n) is 2.44. The Morgan fingerprint density at radius 2 is 1.93 bits per heavy atom. The first kappa shape index (κ1) is 14.5. The fraction of sp³-hybridized carbons (Fsp3) is 0.818. The Bertz CT molecular complexity index is 217. The molecule has 0 spiro atoms. The fourth-order valence-corrected chi connectivity index (χ4v) is 1.50. The Kier molecular flexibility index (Phi) is 6.65. The van der Waals surface area contributed by atoms with E-state index in [0.717, 1.165) is 12.7 Å². The average Bonchev–Trinajstić information content (AvgIpc) is 2.14. The summed E-state index contributed by atoms with van der Waals surface area (Å²) in [7, 11) is 1.69. The smallest absolute Gasteiger partial charge is 0.222 e. The van der Waals surface area contributed by atoms with Gasteiger partial charge in [0.2, 0.25) is 5.91 Å². The van der Waals surface area contributed by atoms with Gasteiger partial charge in [-0.1, -0.05) is 20.8 Å². The minimum Gasteiger partial charge on any atom is -0.336 e. The first-order valence-corrected chi connectivity index (χ1v) is 5.80. The van der Waals surface area contributed by atoms with Crippen molar-refractivity contribution in [1.29, 1.82) is 0 Å². The van der Waals surface area contributed by atoms with Crippen LogP contribution in [0.5, 0.6) is 0 Å². The van der Waals surface area contributed by atoms with Crippen molar-refractivity contribution >= 4 is 24.8 Å². The monoisotopic (exact) mass is 231 g/mol. The van der Waals surface area contributed by atoms with E-state index in [0.29, 0.717) is 6.42 Å². The first-order chi connectivity index (χ1) is 6.90. The maximum absolute atomic E-state index is 11.7. The molecule has 1 amide bonds. The van der Waals surface area contributed by atoms with Crippen LogP contribution in [0, 0.1) is 5.92 Å². The Morgan fingerprint density at radius 3 is 2.27 bits per heavy atom. The first-order valence-electron chi connectivity index (χ1n) is 5.29. The molecule has 15 heavy (non-hydrogen) atoms. The molecule has 0 bridgehead atoms. The fourth-order valence-electron chi connectivity index (χ4n) is 1.37. The average molecular weight is 231 g/mol. The van der Waals surface area contributed by atoms with Crippen LogP contribution in [-0.4, -0.2) is 35.4 Å². The molecule has 4 heteroatoms. The molecular weight excluding hydrogens is 210 g/mol. The number of amides is 1. The van der Waals surface area contributed by atoms with Gasteiger partial charge < -0.3 is 9.69 Å². The van der Waals surface area contributed by atoms with Gasteiger partial charge in [0.1, 0.15) is 6.29 Å². The predicted octanol–water partition coefficient (Wildman–Crippen LogP) is 1.77. The SMILES string of the molecule is CC(S)CCC(=O)N(C)C(C=O)C(C)C. The van der Waals surface area contributed by atoms with Crippen molar-refractivity contribution in [3.8, 4) is 0 Å². The van der Waals surface area contributed by atoms with Crippen molar-refractivity contribution in [2.45, 2.75) is 44.9 Å². The lowest BCUT2D eigenvalue weighted by atomic mass is 10.0. The molecule has 0 N–H and O–H groups in total. The predicted molar refractivity (Wildman–Crippen MR) is 65.1 cm³/mol. The molecule has 0 aliphatic rings. The topological polar surface area (TPSA) is 37.4 Å². The van der Waals surface area contributed by atoms with Crippen LogP contribution in [0.3, 0.4) is 0 Å². The van der Waals surface area contributed by atoms with Gasteiger partial charge in [-0.25, -0.2) is 0 Å². The van der Waals surface area contributed by atoms with Gasteiger partial charge in [-0.2, -0.15) is 12.6 Å². The van der Waals surface area contributed by atoms with Gasteiger partial charge in [-0.15, -0.1) is 0 Å². The van der Waals surface area contributed by atoms with Gasteiger partial charge in [0, 0.05) is 13.5 Å². The van der Waals surface area contributed by atoms with E-state index in [4.69, 9.17) is 0 Å². The van der Waals surface area contributed by atoms with E-state index >= 15 is 0 Å². The zero-order chi connectivity index (χ0) is 12.0. The molecular formula is C11H21NO2S. The van der Waals surface area contributed by atoms with Gasteiger partial charge in [0.25, 0.3) is 0 Å². The molecule has 0 saturated heterocycles. The van der Waals surface area contributed by atoms with Gasteiger partial charge in [-0.05, 0) is 17.6 Å². The summed E-state index contributed by atoms with van der Waals surface area (Å²) in [6.07, 6.45) is 2.04. The summed E-state index contributed by atoms with van der Waals surface area (Å²) >= 11 is 4.22. The highest BCUT2D eigenvalue weighted by Gasteiger charge is 2.21. The normalized spacial score (nSPS) is 14.8. The van der Waals surface area contributed by atoms with Crippen LogP contribution in [-0.2, 0) is 9.59 Å². The lowest BCUT2D eigenvalue weighted by Crippen LogP contribution is -2.41. The quantitative estimate of drug-likeness (QED) is 0.559. The highest BCUT2D eigenvalue weighted by atomic mass is 32.1. The molecule has 0 radical (unpaired) electrons. The molecule has 3 nitrogen and oxygen atoms in total. The summed E-state index contributed by atoms with van der Waals surface area (Å²) in [5.74, 6) is 0.173.